The molecule has 0 aliphatic rings. The summed E-state index contributed by atoms with van der Waals surface area (Å²) in [6.07, 6.45) is 0. The van der Waals surface area contributed by atoms with E-state index in [9.17, 15) is 0 Å². The SMILES string of the molecule is Cc1cc(C)cc(/N=N/c2cc(C)cc(C)c2)c1. The number of nitrogens with zero attached hydrogens (tertiary/aromatic N) is 2. The molecular weight excluding hydrogens is 220 g/mol. The fourth-order valence-electron chi connectivity index (χ4n) is 2.13. The summed E-state index contributed by atoms with van der Waals surface area (Å²) in [5, 5.41) is 8.61. The van der Waals surface area contributed by atoms with Crippen LogP contribution in [0.3, 0.4) is 0 Å². The summed E-state index contributed by atoms with van der Waals surface area (Å²) in [5.74, 6) is 0. The highest BCUT2D eigenvalue weighted by Crippen LogP contribution is 2.22. The standard InChI is InChI=1S/C16H18N2/c1-11-5-12(2)8-15(7-11)17-18-16-9-13(3)6-14(4)10-16/h5-10H,1-4H3/b18-17+. The molecule has 0 aliphatic carbocycles. The Morgan fingerprint density at radius 3 is 1.06 bits per heavy atom. The van der Waals surface area contributed by atoms with E-state index in [0.717, 1.165) is 11.4 Å². The quantitative estimate of drug-likeness (QED) is 0.631. The van der Waals surface area contributed by atoms with Gasteiger partial charge in [-0.05, 0) is 74.2 Å². The van der Waals surface area contributed by atoms with Gasteiger partial charge in [0.25, 0.3) is 0 Å². The lowest BCUT2D eigenvalue weighted by molar-refractivity contribution is 1.20. The van der Waals surface area contributed by atoms with E-state index in [1.807, 2.05) is 24.3 Å². The summed E-state index contributed by atoms with van der Waals surface area (Å²) in [6, 6.07) is 12.4. The maximum atomic E-state index is 4.31. The largest absolute Gasteiger partial charge is 0.151 e. The fourth-order valence-corrected chi connectivity index (χ4v) is 2.13. The van der Waals surface area contributed by atoms with Crippen molar-refractivity contribution < 1.29 is 0 Å². The molecule has 18 heavy (non-hydrogen) atoms. The molecule has 0 atom stereocenters. The molecule has 0 fully saturated rings. The summed E-state index contributed by atoms with van der Waals surface area (Å²) in [7, 11) is 0. The van der Waals surface area contributed by atoms with Gasteiger partial charge in [0.05, 0.1) is 11.4 Å². The van der Waals surface area contributed by atoms with Crippen molar-refractivity contribution in [1.29, 1.82) is 0 Å². The van der Waals surface area contributed by atoms with Gasteiger partial charge >= 0.3 is 0 Å². The van der Waals surface area contributed by atoms with Gasteiger partial charge in [0.1, 0.15) is 0 Å². The van der Waals surface area contributed by atoms with Gasteiger partial charge in [0.2, 0.25) is 0 Å². The molecule has 0 aromatic heterocycles. The summed E-state index contributed by atoms with van der Waals surface area (Å²) in [5.41, 5.74) is 6.67. The van der Waals surface area contributed by atoms with Crippen molar-refractivity contribution in [2.24, 2.45) is 10.2 Å². The number of aryl methyl sites for hydroxylation is 4. The highest BCUT2D eigenvalue weighted by atomic mass is 15.1. The van der Waals surface area contributed by atoms with E-state index in [0.29, 0.717) is 0 Å². The molecule has 0 saturated carbocycles. The van der Waals surface area contributed by atoms with Crippen LogP contribution in [0.5, 0.6) is 0 Å². The zero-order valence-corrected chi connectivity index (χ0v) is 11.4. The van der Waals surface area contributed by atoms with Crippen molar-refractivity contribution in [1.82, 2.24) is 0 Å². The maximum Gasteiger partial charge on any atom is 0.0862 e. The smallest absolute Gasteiger partial charge is 0.0862 e. The molecule has 0 unspecified atom stereocenters. The molecule has 0 radical (unpaired) electrons. The second kappa shape index (κ2) is 5.13. The highest BCUT2D eigenvalue weighted by Gasteiger charge is 1.96. The van der Waals surface area contributed by atoms with Crippen LogP contribution in [0.25, 0.3) is 0 Å². The van der Waals surface area contributed by atoms with E-state index in [1.165, 1.54) is 22.3 Å². The Balaban J connectivity index is 2.29. The zero-order valence-electron chi connectivity index (χ0n) is 11.4. The maximum absolute atomic E-state index is 4.31. The van der Waals surface area contributed by atoms with Crippen LogP contribution < -0.4 is 0 Å². The monoisotopic (exact) mass is 238 g/mol. The van der Waals surface area contributed by atoms with Gasteiger partial charge in [-0.25, -0.2) is 0 Å². The summed E-state index contributed by atoms with van der Waals surface area (Å²) < 4.78 is 0. The average Bonchev–Trinajstić information content (AvgIpc) is 2.23. The van der Waals surface area contributed by atoms with Gasteiger partial charge in [0, 0.05) is 0 Å². The van der Waals surface area contributed by atoms with Crippen molar-refractivity contribution in [2.75, 3.05) is 0 Å². The first-order valence-corrected chi connectivity index (χ1v) is 6.11. The van der Waals surface area contributed by atoms with E-state index in [1.54, 1.807) is 0 Å². The minimum atomic E-state index is 0.909. The van der Waals surface area contributed by atoms with Crippen LogP contribution in [0, 0.1) is 27.7 Å². The van der Waals surface area contributed by atoms with Crippen molar-refractivity contribution in [2.45, 2.75) is 27.7 Å². The van der Waals surface area contributed by atoms with Gasteiger partial charge in [-0.15, -0.1) is 0 Å². The Morgan fingerprint density at radius 1 is 0.500 bits per heavy atom. The number of hydrogen-bond acceptors (Lipinski definition) is 2. The Bertz CT molecular complexity index is 504. The molecule has 2 aromatic carbocycles. The highest BCUT2D eigenvalue weighted by molar-refractivity contribution is 5.46. The van der Waals surface area contributed by atoms with Crippen LogP contribution in [-0.4, -0.2) is 0 Å². The summed E-state index contributed by atoms with van der Waals surface area (Å²) in [4.78, 5) is 0. The molecule has 2 heteroatoms. The second-order valence-electron chi connectivity index (χ2n) is 4.89. The first-order valence-electron chi connectivity index (χ1n) is 6.11. The molecule has 0 spiro atoms. The van der Waals surface area contributed by atoms with Crippen LogP contribution in [0.4, 0.5) is 11.4 Å². The Labute approximate surface area is 108 Å². The van der Waals surface area contributed by atoms with E-state index in [4.69, 9.17) is 0 Å². The molecular formula is C16H18N2. The third-order valence-corrected chi connectivity index (χ3v) is 2.69. The third-order valence-electron chi connectivity index (χ3n) is 2.69. The van der Waals surface area contributed by atoms with E-state index in [-0.39, 0.29) is 0 Å². The minimum Gasteiger partial charge on any atom is -0.151 e. The lowest BCUT2D eigenvalue weighted by Crippen LogP contribution is -1.77. The van der Waals surface area contributed by atoms with E-state index >= 15 is 0 Å². The van der Waals surface area contributed by atoms with Crippen LogP contribution >= 0.6 is 0 Å². The summed E-state index contributed by atoms with van der Waals surface area (Å²) >= 11 is 0. The first kappa shape index (κ1) is 12.5. The van der Waals surface area contributed by atoms with Crippen molar-refractivity contribution in [3.8, 4) is 0 Å². The second-order valence-corrected chi connectivity index (χ2v) is 4.89. The lowest BCUT2D eigenvalue weighted by atomic mass is 10.1. The van der Waals surface area contributed by atoms with Crippen molar-refractivity contribution in [3.05, 3.63) is 58.7 Å². The van der Waals surface area contributed by atoms with Crippen molar-refractivity contribution in [3.63, 3.8) is 0 Å². The first-order chi connectivity index (χ1) is 8.52. The van der Waals surface area contributed by atoms with Crippen LogP contribution in [0.1, 0.15) is 22.3 Å². The number of hydrogen-bond donors (Lipinski definition) is 0. The molecule has 2 rings (SSSR count). The molecule has 0 amide bonds. The normalized spacial score (nSPS) is 11.1. The Hall–Kier alpha value is -1.96. The molecule has 0 aliphatic heterocycles. The molecule has 2 aromatic rings. The fraction of sp³-hybridized carbons (Fsp3) is 0.250. The average molecular weight is 238 g/mol. The van der Waals surface area contributed by atoms with E-state index in [2.05, 4.69) is 50.1 Å². The molecule has 0 heterocycles. The summed E-state index contributed by atoms with van der Waals surface area (Å²) in [6.45, 7) is 8.29. The predicted molar refractivity (Wildman–Crippen MR) is 76.0 cm³/mol. The Kier molecular flexibility index (Phi) is 3.56. The van der Waals surface area contributed by atoms with Gasteiger partial charge in [0.15, 0.2) is 0 Å². The predicted octanol–water partition coefficient (Wildman–Crippen LogP) is 5.34. The number of azo groups is 1. The van der Waals surface area contributed by atoms with Crippen LogP contribution in [-0.2, 0) is 0 Å². The molecule has 0 bridgehead atoms. The zero-order chi connectivity index (χ0) is 13.1. The van der Waals surface area contributed by atoms with Gasteiger partial charge in [-0.3, -0.25) is 0 Å². The van der Waals surface area contributed by atoms with Crippen LogP contribution in [0.2, 0.25) is 0 Å². The minimum absolute atomic E-state index is 0.909. The van der Waals surface area contributed by atoms with Gasteiger partial charge in [-0.1, -0.05) is 12.1 Å². The molecule has 0 saturated heterocycles. The van der Waals surface area contributed by atoms with Gasteiger partial charge < -0.3 is 0 Å². The molecule has 92 valence electrons. The lowest BCUT2D eigenvalue weighted by Gasteiger charge is -2.00. The third kappa shape index (κ3) is 3.27. The Morgan fingerprint density at radius 2 is 0.778 bits per heavy atom. The number of rotatable bonds is 2. The van der Waals surface area contributed by atoms with Crippen LogP contribution in [0.15, 0.2) is 46.6 Å². The topological polar surface area (TPSA) is 24.7 Å². The molecule has 2 nitrogen and oxygen atoms in total. The van der Waals surface area contributed by atoms with Gasteiger partial charge in [-0.2, -0.15) is 10.2 Å². The van der Waals surface area contributed by atoms with Crippen molar-refractivity contribution >= 4 is 11.4 Å². The molecule has 0 N–H and O–H groups in total. The number of benzene rings is 2. The van der Waals surface area contributed by atoms with E-state index < -0.39 is 0 Å².